The van der Waals surface area contributed by atoms with Crippen molar-refractivity contribution in [3.05, 3.63) is 44.9 Å². The van der Waals surface area contributed by atoms with Crippen LogP contribution < -0.4 is 16.0 Å². The van der Waals surface area contributed by atoms with Gasteiger partial charge in [-0.15, -0.1) is 11.3 Å². The van der Waals surface area contributed by atoms with Crippen LogP contribution in [0.25, 0.3) is 0 Å². The van der Waals surface area contributed by atoms with E-state index in [0.717, 1.165) is 29.1 Å². The Morgan fingerprint density at radius 3 is 2.72 bits per heavy atom. The summed E-state index contributed by atoms with van der Waals surface area (Å²) in [5.74, 6) is 0.206. The van der Waals surface area contributed by atoms with E-state index in [1.165, 1.54) is 30.6 Å². The van der Waals surface area contributed by atoms with Crippen molar-refractivity contribution in [1.82, 2.24) is 15.6 Å². The van der Waals surface area contributed by atoms with E-state index >= 15 is 0 Å². The second-order valence-electron chi connectivity index (χ2n) is 8.51. The van der Waals surface area contributed by atoms with Gasteiger partial charge in [0.05, 0.1) is 27.3 Å². The molecule has 1 aliphatic carbocycles. The van der Waals surface area contributed by atoms with E-state index in [9.17, 15) is 9.59 Å². The Hall–Kier alpha value is -2.12. The van der Waals surface area contributed by atoms with Gasteiger partial charge in [-0.05, 0) is 51.3 Å². The maximum atomic E-state index is 13.0. The van der Waals surface area contributed by atoms with Gasteiger partial charge in [-0.3, -0.25) is 14.6 Å². The van der Waals surface area contributed by atoms with Crippen molar-refractivity contribution in [1.29, 1.82) is 0 Å². The molecule has 3 N–H and O–H groups in total. The van der Waals surface area contributed by atoms with Crippen LogP contribution in [0.4, 0.5) is 5.69 Å². The molecule has 0 radical (unpaired) electrons. The van der Waals surface area contributed by atoms with Crippen molar-refractivity contribution in [2.24, 2.45) is 5.92 Å². The average molecular weight is 477 g/mol. The minimum atomic E-state index is -0.494. The summed E-state index contributed by atoms with van der Waals surface area (Å²) in [5.41, 5.74) is 1.73. The van der Waals surface area contributed by atoms with Crippen LogP contribution in [-0.4, -0.2) is 29.4 Å². The minimum absolute atomic E-state index is 0.0121. The highest BCUT2D eigenvalue weighted by atomic mass is 35.5. The van der Waals surface area contributed by atoms with Gasteiger partial charge in [0.25, 0.3) is 5.91 Å². The number of amides is 2. The number of aromatic nitrogens is 1. The molecule has 0 bridgehead atoms. The highest BCUT2D eigenvalue weighted by molar-refractivity contribution is 7.14. The molecule has 32 heavy (non-hydrogen) atoms. The number of pyridine rings is 1. The summed E-state index contributed by atoms with van der Waals surface area (Å²) in [6, 6.07) is 5.12. The van der Waals surface area contributed by atoms with Crippen LogP contribution in [0.5, 0.6) is 0 Å². The summed E-state index contributed by atoms with van der Waals surface area (Å²) in [5, 5.41) is 9.86. The molecular formula is C24H33ClN4O2S. The number of hydrogen-bond acceptors (Lipinski definition) is 5. The zero-order valence-corrected chi connectivity index (χ0v) is 20.6. The number of likely N-dealkylation sites (N-methyl/N-ethyl adjacent to an activating group) is 1. The van der Waals surface area contributed by atoms with Crippen molar-refractivity contribution in [3.63, 3.8) is 0 Å². The van der Waals surface area contributed by atoms with Gasteiger partial charge in [0.1, 0.15) is 6.04 Å². The van der Waals surface area contributed by atoms with Crippen molar-refractivity contribution >= 4 is 40.4 Å². The van der Waals surface area contributed by atoms with E-state index in [4.69, 9.17) is 11.6 Å². The molecule has 2 aromatic heterocycles. The summed E-state index contributed by atoms with van der Waals surface area (Å²) in [6.07, 6.45) is 8.28. The van der Waals surface area contributed by atoms with E-state index in [-0.39, 0.29) is 17.9 Å². The van der Waals surface area contributed by atoms with Gasteiger partial charge in [-0.2, -0.15) is 0 Å². The standard InChI is InChI=1S/C24H33ClN4O2S/c1-4-26-23(30)20(12-17-8-6-5-7-9-17)29-24(31)22-11-10-21(32-22)16(3)28-19-13-18(25)14-27-15(19)2/h10-11,13-14,16-17,20,28H,4-9,12H2,1-3H3,(H,26,30)(H,29,31). The van der Waals surface area contributed by atoms with Crippen molar-refractivity contribution in [3.8, 4) is 0 Å². The third kappa shape index (κ3) is 6.69. The molecular weight excluding hydrogens is 444 g/mol. The lowest BCUT2D eigenvalue weighted by Gasteiger charge is -2.26. The van der Waals surface area contributed by atoms with E-state index in [1.54, 1.807) is 6.20 Å². The third-order valence-corrected chi connectivity index (χ3v) is 7.44. The van der Waals surface area contributed by atoms with Crippen LogP contribution in [-0.2, 0) is 4.79 Å². The fourth-order valence-corrected chi connectivity index (χ4v) is 5.25. The van der Waals surface area contributed by atoms with Gasteiger partial charge < -0.3 is 16.0 Å². The molecule has 2 unspecified atom stereocenters. The summed E-state index contributed by atoms with van der Waals surface area (Å²) in [4.78, 5) is 31.5. The van der Waals surface area contributed by atoms with Crippen LogP contribution in [0, 0.1) is 12.8 Å². The lowest BCUT2D eigenvalue weighted by Crippen LogP contribution is -2.47. The third-order valence-electron chi connectivity index (χ3n) is 5.97. The number of thiophene rings is 1. The van der Waals surface area contributed by atoms with Crippen molar-refractivity contribution in [2.75, 3.05) is 11.9 Å². The number of hydrogen-bond donors (Lipinski definition) is 3. The second kappa shape index (κ2) is 11.7. The number of aryl methyl sites for hydroxylation is 1. The SMILES string of the molecule is CCNC(=O)C(CC1CCCCC1)NC(=O)c1ccc(C(C)Nc2cc(Cl)cnc2C)s1. The molecule has 0 aromatic carbocycles. The maximum absolute atomic E-state index is 13.0. The summed E-state index contributed by atoms with van der Waals surface area (Å²) in [7, 11) is 0. The number of nitrogens with one attached hydrogen (secondary N) is 3. The summed E-state index contributed by atoms with van der Waals surface area (Å²) in [6.45, 7) is 6.41. The Bertz CT molecular complexity index is 926. The van der Waals surface area contributed by atoms with Gasteiger partial charge >= 0.3 is 0 Å². The normalized spacial score (nSPS) is 16.2. The molecule has 2 heterocycles. The van der Waals surface area contributed by atoms with Crippen molar-refractivity contribution < 1.29 is 9.59 Å². The quantitative estimate of drug-likeness (QED) is 0.447. The lowest BCUT2D eigenvalue weighted by molar-refractivity contribution is -0.123. The van der Waals surface area contributed by atoms with Gasteiger partial charge in [0, 0.05) is 17.6 Å². The number of carbonyl (C=O) groups excluding carboxylic acids is 2. The first-order valence-corrected chi connectivity index (χ1v) is 12.6. The Kier molecular flexibility index (Phi) is 8.93. The second-order valence-corrected chi connectivity index (χ2v) is 10.1. The minimum Gasteiger partial charge on any atom is -0.376 e. The predicted molar refractivity (Wildman–Crippen MR) is 131 cm³/mol. The van der Waals surface area contributed by atoms with Crippen LogP contribution in [0.2, 0.25) is 5.02 Å². The maximum Gasteiger partial charge on any atom is 0.262 e. The Balaban J connectivity index is 1.65. The van der Waals surface area contributed by atoms with Gasteiger partial charge in [0.2, 0.25) is 5.91 Å². The monoisotopic (exact) mass is 476 g/mol. The first-order valence-electron chi connectivity index (χ1n) is 11.4. The fraction of sp³-hybridized carbons (Fsp3) is 0.542. The Morgan fingerprint density at radius 1 is 1.25 bits per heavy atom. The molecule has 1 fully saturated rings. The van der Waals surface area contributed by atoms with Crippen LogP contribution in [0.1, 0.15) is 78.7 Å². The number of rotatable bonds is 9. The summed E-state index contributed by atoms with van der Waals surface area (Å²) < 4.78 is 0. The molecule has 2 amide bonds. The molecule has 174 valence electrons. The zero-order valence-electron chi connectivity index (χ0n) is 19.0. The molecule has 2 aromatic rings. The molecule has 2 atom stereocenters. The Labute approximate surface area is 199 Å². The van der Waals surface area contributed by atoms with Crippen LogP contribution >= 0.6 is 22.9 Å². The predicted octanol–water partition coefficient (Wildman–Crippen LogP) is 5.48. The average Bonchev–Trinajstić information content (AvgIpc) is 3.27. The van der Waals surface area contributed by atoms with Crippen LogP contribution in [0.3, 0.4) is 0 Å². The number of anilines is 1. The van der Waals surface area contributed by atoms with Crippen LogP contribution in [0.15, 0.2) is 24.4 Å². The topological polar surface area (TPSA) is 83.1 Å². The highest BCUT2D eigenvalue weighted by Crippen LogP contribution is 2.30. The van der Waals surface area contributed by atoms with Gasteiger partial charge in [0.15, 0.2) is 0 Å². The van der Waals surface area contributed by atoms with Gasteiger partial charge in [-0.25, -0.2) is 0 Å². The van der Waals surface area contributed by atoms with E-state index in [1.807, 2.05) is 39.0 Å². The first kappa shape index (κ1) is 24.5. The first-order chi connectivity index (χ1) is 15.4. The molecule has 0 aliphatic heterocycles. The molecule has 0 saturated heterocycles. The van der Waals surface area contributed by atoms with Crippen molar-refractivity contribution in [2.45, 2.75) is 71.4 Å². The highest BCUT2D eigenvalue weighted by Gasteiger charge is 2.26. The number of halogens is 1. The molecule has 1 saturated carbocycles. The molecule has 8 heteroatoms. The van der Waals surface area contributed by atoms with E-state index < -0.39 is 6.04 Å². The lowest BCUT2D eigenvalue weighted by atomic mass is 9.84. The van der Waals surface area contributed by atoms with E-state index in [2.05, 4.69) is 20.9 Å². The van der Waals surface area contributed by atoms with E-state index in [0.29, 0.717) is 28.8 Å². The smallest absolute Gasteiger partial charge is 0.262 e. The molecule has 0 spiro atoms. The fourth-order valence-electron chi connectivity index (χ4n) is 4.18. The molecule has 1 aliphatic rings. The zero-order chi connectivity index (χ0) is 23.1. The number of carbonyl (C=O) groups is 2. The number of nitrogens with zero attached hydrogens (tertiary/aromatic N) is 1. The molecule has 3 rings (SSSR count). The van der Waals surface area contributed by atoms with Gasteiger partial charge in [-0.1, -0.05) is 43.7 Å². The molecule has 6 nitrogen and oxygen atoms in total. The largest absolute Gasteiger partial charge is 0.376 e. The summed E-state index contributed by atoms with van der Waals surface area (Å²) >= 11 is 7.50. The Morgan fingerprint density at radius 2 is 2.00 bits per heavy atom.